The lowest BCUT2D eigenvalue weighted by atomic mass is 10.1. The Morgan fingerprint density at radius 2 is 2.18 bits per heavy atom. The molecule has 0 amide bonds. The number of hydrogen-bond acceptors (Lipinski definition) is 1. The molecule has 1 aromatic carbocycles. The molecule has 1 fully saturated rings. The molecule has 1 saturated carbocycles. The van der Waals surface area contributed by atoms with Gasteiger partial charge in [0.2, 0.25) is 0 Å². The van der Waals surface area contributed by atoms with Crippen LogP contribution in [0.15, 0.2) is 18.2 Å². The van der Waals surface area contributed by atoms with Gasteiger partial charge in [-0.15, -0.1) is 11.6 Å². The summed E-state index contributed by atoms with van der Waals surface area (Å²) in [6.45, 7) is 4.00. The maximum absolute atomic E-state index is 14.0. The molecule has 0 heterocycles. The highest BCUT2D eigenvalue weighted by Crippen LogP contribution is 2.34. The molecule has 1 aromatic rings. The highest BCUT2D eigenvalue weighted by Gasteiger charge is 2.26. The van der Waals surface area contributed by atoms with Crippen molar-refractivity contribution in [3.63, 3.8) is 0 Å². The molecule has 0 unspecified atom stereocenters. The molecule has 0 saturated heterocycles. The van der Waals surface area contributed by atoms with Gasteiger partial charge in [0.15, 0.2) is 0 Å². The Balaban J connectivity index is 2.25. The third-order valence-electron chi connectivity index (χ3n) is 3.20. The van der Waals surface area contributed by atoms with E-state index in [0.717, 1.165) is 36.7 Å². The molecule has 2 rings (SSSR count). The molecule has 1 aliphatic rings. The van der Waals surface area contributed by atoms with Gasteiger partial charge in [-0.3, -0.25) is 0 Å². The smallest absolute Gasteiger partial charge is 0.146 e. The fourth-order valence-corrected chi connectivity index (χ4v) is 2.41. The highest BCUT2D eigenvalue weighted by atomic mass is 35.5. The summed E-state index contributed by atoms with van der Waals surface area (Å²) in [5.74, 6) is 0.986. The van der Waals surface area contributed by atoms with Gasteiger partial charge >= 0.3 is 0 Å². The summed E-state index contributed by atoms with van der Waals surface area (Å²) < 4.78 is 14.0. The van der Waals surface area contributed by atoms with Crippen LogP contribution in [-0.2, 0) is 5.88 Å². The first kappa shape index (κ1) is 12.7. The molecule has 0 aliphatic heterocycles. The normalized spacial score (nSPS) is 15.0. The van der Waals surface area contributed by atoms with Crippen LogP contribution in [0.4, 0.5) is 10.1 Å². The zero-order chi connectivity index (χ0) is 12.3. The van der Waals surface area contributed by atoms with Gasteiger partial charge in [-0.1, -0.05) is 19.1 Å². The standard InChI is InChI=1S/C14H19ClFN/c1-2-8-17(10-11-6-7-11)14-12(9-15)4-3-5-13(14)16/h3-5,11H,2,6-10H2,1H3. The summed E-state index contributed by atoms with van der Waals surface area (Å²) in [5.41, 5.74) is 1.62. The Hall–Kier alpha value is -0.760. The number of para-hydroxylation sites is 1. The van der Waals surface area contributed by atoms with E-state index >= 15 is 0 Å². The topological polar surface area (TPSA) is 3.24 Å². The van der Waals surface area contributed by atoms with Crippen LogP contribution < -0.4 is 4.90 Å². The average molecular weight is 256 g/mol. The van der Waals surface area contributed by atoms with E-state index in [2.05, 4.69) is 11.8 Å². The largest absolute Gasteiger partial charge is 0.369 e. The fraction of sp³-hybridized carbons (Fsp3) is 0.571. The predicted octanol–water partition coefficient (Wildman–Crippen LogP) is 4.19. The molecule has 0 radical (unpaired) electrons. The zero-order valence-corrected chi connectivity index (χ0v) is 11.0. The second-order valence-corrected chi connectivity index (χ2v) is 5.04. The molecule has 17 heavy (non-hydrogen) atoms. The minimum absolute atomic E-state index is 0.141. The Morgan fingerprint density at radius 1 is 1.41 bits per heavy atom. The lowest BCUT2D eigenvalue weighted by Crippen LogP contribution is -2.28. The third-order valence-corrected chi connectivity index (χ3v) is 3.49. The van der Waals surface area contributed by atoms with Crippen LogP contribution in [-0.4, -0.2) is 13.1 Å². The van der Waals surface area contributed by atoms with E-state index < -0.39 is 0 Å². The quantitative estimate of drug-likeness (QED) is 0.689. The molecule has 0 spiro atoms. The number of rotatable bonds is 6. The van der Waals surface area contributed by atoms with Gasteiger partial charge in [0.1, 0.15) is 5.82 Å². The van der Waals surface area contributed by atoms with Gasteiger partial charge in [0, 0.05) is 19.0 Å². The van der Waals surface area contributed by atoms with Crippen molar-refractivity contribution in [2.24, 2.45) is 5.92 Å². The molecule has 0 N–H and O–H groups in total. The van der Waals surface area contributed by atoms with Crippen LogP contribution in [0.25, 0.3) is 0 Å². The van der Waals surface area contributed by atoms with E-state index in [1.807, 2.05) is 6.07 Å². The van der Waals surface area contributed by atoms with Crippen LogP contribution in [0.1, 0.15) is 31.7 Å². The summed E-state index contributed by atoms with van der Waals surface area (Å²) in [6, 6.07) is 5.18. The van der Waals surface area contributed by atoms with Crippen molar-refractivity contribution in [2.45, 2.75) is 32.1 Å². The van der Waals surface area contributed by atoms with Crippen molar-refractivity contribution < 1.29 is 4.39 Å². The first-order valence-corrected chi connectivity index (χ1v) is 6.88. The average Bonchev–Trinajstić information content (AvgIpc) is 3.12. The van der Waals surface area contributed by atoms with Gasteiger partial charge in [0.25, 0.3) is 0 Å². The van der Waals surface area contributed by atoms with Gasteiger partial charge in [0.05, 0.1) is 5.69 Å². The summed E-state index contributed by atoms with van der Waals surface area (Å²) in [6.07, 6.45) is 3.60. The van der Waals surface area contributed by atoms with Crippen molar-refractivity contribution in [3.05, 3.63) is 29.6 Å². The molecule has 0 atom stereocenters. The maximum Gasteiger partial charge on any atom is 0.146 e. The fourth-order valence-electron chi connectivity index (χ4n) is 2.20. The Morgan fingerprint density at radius 3 is 2.76 bits per heavy atom. The second-order valence-electron chi connectivity index (χ2n) is 4.77. The van der Waals surface area contributed by atoms with Crippen molar-refractivity contribution in [3.8, 4) is 0 Å². The highest BCUT2D eigenvalue weighted by molar-refractivity contribution is 6.17. The van der Waals surface area contributed by atoms with Crippen molar-refractivity contribution in [2.75, 3.05) is 18.0 Å². The molecular formula is C14H19ClFN. The minimum Gasteiger partial charge on any atom is -0.369 e. The lowest BCUT2D eigenvalue weighted by Gasteiger charge is -2.26. The molecule has 0 bridgehead atoms. The van der Waals surface area contributed by atoms with Crippen LogP contribution >= 0.6 is 11.6 Å². The number of hydrogen-bond donors (Lipinski definition) is 0. The van der Waals surface area contributed by atoms with E-state index in [-0.39, 0.29) is 5.82 Å². The summed E-state index contributed by atoms with van der Waals surface area (Å²) >= 11 is 5.91. The third kappa shape index (κ3) is 3.12. The van der Waals surface area contributed by atoms with Crippen LogP contribution in [0.3, 0.4) is 0 Å². The molecule has 94 valence electrons. The monoisotopic (exact) mass is 255 g/mol. The Kier molecular flexibility index (Phi) is 4.27. The van der Waals surface area contributed by atoms with E-state index in [4.69, 9.17) is 11.6 Å². The van der Waals surface area contributed by atoms with E-state index in [1.54, 1.807) is 6.07 Å². The SMILES string of the molecule is CCCN(CC1CC1)c1c(F)cccc1CCl. The first-order valence-electron chi connectivity index (χ1n) is 6.34. The van der Waals surface area contributed by atoms with Gasteiger partial charge in [-0.25, -0.2) is 4.39 Å². The Labute approximate surface area is 108 Å². The van der Waals surface area contributed by atoms with E-state index in [0.29, 0.717) is 5.88 Å². The summed E-state index contributed by atoms with van der Waals surface area (Å²) in [4.78, 5) is 2.17. The van der Waals surface area contributed by atoms with Crippen molar-refractivity contribution >= 4 is 17.3 Å². The first-order chi connectivity index (χ1) is 8.26. The van der Waals surface area contributed by atoms with Gasteiger partial charge in [-0.2, -0.15) is 0 Å². The summed E-state index contributed by atoms with van der Waals surface area (Å²) in [5, 5.41) is 0. The van der Waals surface area contributed by atoms with E-state index in [9.17, 15) is 4.39 Å². The van der Waals surface area contributed by atoms with Crippen molar-refractivity contribution in [1.29, 1.82) is 0 Å². The molecule has 3 heteroatoms. The van der Waals surface area contributed by atoms with Crippen molar-refractivity contribution in [1.82, 2.24) is 0 Å². The van der Waals surface area contributed by atoms with E-state index in [1.165, 1.54) is 18.9 Å². The van der Waals surface area contributed by atoms with Gasteiger partial charge < -0.3 is 4.90 Å². The number of benzene rings is 1. The predicted molar refractivity (Wildman–Crippen MR) is 71.2 cm³/mol. The molecule has 0 aromatic heterocycles. The Bertz CT molecular complexity index is 376. The van der Waals surface area contributed by atoms with Crippen LogP contribution in [0, 0.1) is 11.7 Å². The molecule has 1 nitrogen and oxygen atoms in total. The number of alkyl halides is 1. The van der Waals surface area contributed by atoms with Gasteiger partial charge in [-0.05, 0) is 36.8 Å². The molecule has 1 aliphatic carbocycles. The number of anilines is 1. The second kappa shape index (κ2) is 5.72. The number of halogens is 2. The lowest BCUT2D eigenvalue weighted by molar-refractivity contribution is 0.606. The minimum atomic E-state index is -0.141. The molecular weight excluding hydrogens is 237 g/mol. The zero-order valence-electron chi connectivity index (χ0n) is 10.3. The maximum atomic E-state index is 14.0. The number of nitrogens with zero attached hydrogens (tertiary/aromatic N) is 1. The van der Waals surface area contributed by atoms with Crippen LogP contribution in [0.5, 0.6) is 0 Å². The summed E-state index contributed by atoms with van der Waals surface area (Å²) in [7, 11) is 0. The van der Waals surface area contributed by atoms with Crippen LogP contribution in [0.2, 0.25) is 0 Å².